The first-order valence-electron chi connectivity index (χ1n) is 6.99. The molecule has 0 aliphatic heterocycles. The van der Waals surface area contributed by atoms with Gasteiger partial charge in [-0.05, 0) is 18.8 Å². The van der Waals surface area contributed by atoms with Crippen molar-refractivity contribution >= 4 is 0 Å². The Morgan fingerprint density at radius 1 is 1.06 bits per heavy atom. The van der Waals surface area contributed by atoms with Crippen LogP contribution < -0.4 is 5.32 Å². The number of hydrogen-bond donors (Lipinski definition) is 1. The molecule has 0 aromatic heterocycles. The lowest BCUT2D eigenvalue weighted by molar-refractivity contribution is 0.137. The second-order valence-electron chi connectivity index (χ2n) is 5.51. The van der Waals surface area contributed by atoms with Crippen LogP contribution in [0.4, 0.5) is 0 Å². The van der Waals surface area contributed by atoms with Crippen molar-refractivity contribution in [1.29, 1.82) is 0 Å². The molecular formula is C14H29NO. The molecule has 96 valence electrons. The van der Waals surface area contributed by atoms with Crippen LogP contribution in [-0.2, 0) is 4.74 Å². The van der Waals surface area contributed by atoms with Crippen LogP contribution in [0.5, 0.6) is 0 Å². The predicted molar refractivity (Wildman–Crippen MR) is 69.7 cm³/mol. The molecule has 0 aromatic carbocycles. The average Bonchev–Trinajstić information content (AvgIpc) is 2.20. The summed E-state index contributed by atoms with van der Waals surface area (Å²) in [4.78, 5) is 0. The SMILES string of the molecule is COCC(NC1CCCCCCC1)C(C)C. The molecule has 16 heavy (non-hydrogen) atoms. The largest absolute Gasteiger partial charge is 0.383 e. The van der Waals surface area contributed by atoms with E-state index in [-0.39, 0.29) is 0 Å². The molecule has 1 aliphatic carbocycles. The molecule has 0 aromatic rings. The molecule has 2 nitrogen and oxygen atoms in total. The van der Waals surface area contributed by atoms with Gasteiger partial charge in [-0.25, -0.2) is 0 Å². The van der Waals surface area contributed by atoms with E-state index in [0.29, 0.717) is 12.0 Å². The highest BCUT2D eigenvalue weighted by Crippen LogP contribution is 2.18. The summed E-state index contributed by atoms with van der Waals surface area (Å²) in [7, 11) is 1.80. The van der Waals surface area contributed by atoms with Crippen molar-refractivity contribution < 1.29 is 4.74 Å². The van der Waals surface area contributed by atoms with E-state index in [2.05, 4.69) is 19.2 Å². The van der Waals surface area contributed by atoms with E-state index in [1.165, 1.54) is 44.9 Å². The lowest BCUT2D eigenvalue weighted by Gasteiger charge is -2.29. The number of rotatable bonds is 5. The van der Waals surface area contributed by atoms with Crippen molar-refractivity contribution in [3.63, 3.8) is 0 Å². The minimum Gasteiger partial charge on any atom is -0.383 e. The van der Waals surface area contributed by atoms with E-state index in [1.54, 1.807) is 7.11 Å². The lowest BCUT2D eigenvalue weighted by Crippen LogP contribution is -2.44. The third-order valence-corrected chi connectivity index (χ3v) is 3.71. The van der Waals surface area contributed by atoms with Crippen molar-refractivity contribution in [2.45, 2.75) is 70.9 Å². The zero-order chi connectivity index (χ0) is 11.8. The van der Waals surface area contributed by atoms with Gasteiger partial charge in [0.2, 0.25) is 0 Å². The van der Waals surface area contributed by atoms with Crippen LogP contribution >= 0.6 is 0 Å². The Morgan fingerprint density at radius 2 is 1.62 bits per heavy atom. The molecule has 1 atom stereocenters. The fourth-order valence-corrected chi connectivity index (χ4v) is 2.54. The normalized spacial score (nSPS) is 21.8. The van der Waals surface area contributed by atoms with E-state index in [0.717, 1.165) is 12.6 Å². The van der Waals surface area contributed by atoms with Crippen molar-refractivity contribution in [3.05, 3.63) is 0 Å². The fraction of sp³-hybridized carbons (Fsp3) is 1.00. The average molecular weight is 227 g/mol. The highest BCUT2D eigenvalue weighted by molar-refractivity contribution is 4.77. The third-order valence-electron chi connectivity index (χ3n) is 3.71. The van der Waals surface area contributed by atoms with Crippen molar-refractivity contribution in [2.24, 2.45) is 5.92 Å². The highest BCUT2D eigenvalue weighted by atomic mass is 16.5. The Labute approximate surface area is 101 Å². The summed E-state index contributed by atoms with van der Waals surface area (Å²) in [5.74, 6) is 0.658. The fourth-order valence-electron chi connectivity index (χ4n) is 2.54. The van der Waals surface area contributed by atoms with E-state index in [9.17, 15) is 0 Å². The Morgan fingerprint density at radius 3 is 2.12 bits per heavy atom. The van der Waals surface area contributed by atoms with Gasteiger partial charge in [0.1, 0.15) is 0 Å². The van der Waals surface area contributed by atoms with Gasteiger partial charge in [-0.15, -0.1) is 0 Å². The standard InChI is InChI=1S/C14H29NO/c1-12(2)14(11-16-3)15-13-9-7-5-4-6-8-10-13/h12-15H,4-11H2,1-3H3. The number of nitrogens with one attached hydrogen (secondary N) is 1. The number of hydrogen-bond acceptors (Lipinski definition) is 2. The monoisotopic (exact) mass is 227 g/mol. The smallest absolute Gasteiger partial charge is 0.0618 e. The van der Waals surface area contributed by atoms with Gasteiger partial charge >= 0.3 is 0 Å². The maximum absolute atomic E-state index is 5.30. The van der Waals surface area contributed by atoms with Gasteiger partial charge in [0.25, 0.3) is 0 Å². The molecule has 0 spiro atoms. The Bertz CT molecular complexity index is 162. The first kappa shape index (κ1) is 14.0. The van der Waals surface area contributed by atoms with Crippen LogP contribution in [0.25, 0.3) is 0 Å². The number of methoxy groups -OCH3 is 1. The van der Waals surface area contributed by atoms with Crippen molar-refractivity contribution in [1.82, 2.24) is 5.32 Å². The predicted octanol–water partition coefficient (Wildman–Crippen LogP) is 3.36. The topological polar surface area (TPSA) is 21.3 Å². The van der Waals surface area contributed by atoms with Gasteiger partial charge < -0.3 is 10.1 Å². The maximum Gasteiger partial charge on any atom is 0.0618 e. The molecule has 0 radical (unpaired) electrons. The summed E-state index contributed by atoms with van der Waals surface area (Å²) in [5.41, 5.74) is 0. The van der Waals surface area contributed by atoms with Crippen LogP contribution in [0, 0.1) is 5.92 Å². The first-order valence-corrected chi connectivity index (χ1v) is 6.99. The van der Waals surface area contributed by atoms with Gasteiger partial charge in [0, 0.05) is 19.2 Å². The molecule has 1 rings (SSSR count). The summed E-state index contributed by atoms with van der Waals surface area (Å²) >= 11 is 0. The second-order valence-corrected chi connectivity index (χ2v) is 5.51. The number of ether oxygens (including phenoxy) is 1. The molecule has 2 heteroatoms. The summed E-state index contributed by atoms with van der Waals surface area (Å²) in [5, 5.41) is 3.80. The molecule has 1 N–H and O–H groups in total. The van der Waals surface area contributed by atoms with Gasteiger partial charge in [0.05, 0.1) is 6.61 Å². The summed E-state index contributed by atoms with van der Waals surface area (Å²) in [6, 6.07) is 1.25. The Kier molecular flexibility index (Phi) is 7.06. The molecule has 0 saturated heterocycles. The van der Waals surface area contributed by atoms with Crippen molar-refractivity contribution in [3.8, 4) is 0 Å². The molecule has 0 amide bonds. The van der Waals surface area contributed by atoms with E-state index >= 15 is 0 Å². The second kappa shape index (κ2) is 8.08. The first-order chi connectivity index (χ1) is 7.74. The van der Waals surface area contributed by atoms with E-state index < -0.39 is 0 Å². The molecule has 1 aliphatic rings. The van der Waals surface area contributed by atoms with Gasteiger partial charge in [-0.3, -0.25) is 0 Å². The van der Waals surface area contributed by atoms with Gasteiger partial charge in [0.15, 0.2) is 0 Å². The molecule has 1 fully saturated rings. The lowest BCUT2D eigenvalue weighted by atomic mass is 9.95. The maximum atomic E-state index is 5.30. The molecule has 0 heterocycles. The molecule has 1 saturated carbocycles. The van der Waals surface area contributed by atoms with Crippen LogP contribution in [-0.4, -0.2) is 25.8 Å². The minimum atomic E-state index is 0.523. The van der Waals surface area contributed by atoms with E-state index in [1.807, 2.05) is 0 Å². The van der Waals surface area contributed by atoms with Crippen LogP contribution in [0.2, 0.25) is 0 Å². The third kappa shape index (κ3) is 5.31. The summed E-state index contributed by atoms with van der Waals surface area (Å²) in [6.45, 7) is 5.40. The summed E-state index contributed by atoms with van der Waals surface area (Å²) in [6.07, 6.45) is 9.80. The van der Waals surface area contributed by atoms with Gasteiger partial charge in [-0.1, -0.05) is 46.0 Å². The zero-order valence-corrected chi connectivity index (χ0v) is 11.3. The highest BCUT2D eigenvalue weighted by Gasteiger charge is 2.18. The molecule has 0 bridgehead atoms. The zero-order valence-electron chi connectivity index (χ0n) is 11.3. The van der Waals surface area contributed by atoms with Crippen molar-refractivity contribution in [2.75, 3.05) is 13.7 Å². The van der Waals surface area contributed by atoms with Crippen LogP contribution in [0.1, 0.15) is 58.8 Å². The Hall–Kier alpha value is -0.0800. The summed E-state index contributed by atoms with van der Waals surface area (Å²) < 4.78 is 5.30. The molecular weight excluding hydrogens is 198 g/mol. The quantitative estimate of drug-likeness (QED) is 0.777. The Balaban J connectivity index is 2.35. The van der Waals surface area contributed by atoms with Crippen LogP contribution in [0.3, 0.4) is 0 Å². The molecule has 1 unspecified atom stereocenters. The van der Waals surface area contributed by atoms with Crippen LogP contribution in [0.15, 0.2) is 0 Å². The minimum absolute atomic E-state index is 0.523. The van der Waals surface area contributed by atoms with E-state index in [4.69, 9.17) is 4.74 Å². The van der Waals surface area contributed by atoms with Gasteiger partial charge in [-0.2, -0.15) is 0 Å².